The number of anilines is 1. The van der Waals surface area contributed by atoms with E-state index in [1.807, 2.05) is 36.2 Å². The zero-order valence-electron chi connectivity index (χ0n) is 11.6. The zero-order chi connectivity index (χ0) is 15.2. The van der Waals surface area contributed by atoms with Crippen molar-refractivity contribution in [2.45, 2.75) is 6.42 Å². The summed E-state index contributed by atoms with van der Waals surface area (Å²) in [5.74, 6) is -0.355. The first-order valence-corrected chi connectivity index (χ1v) is 6.43. The van der Waals surface area contributed by atoms with Crippen LogP contribution >= 0.6 is 0 Å². The molecule has 7 heteroatoms. The molecule has 1 N–H and O–H groups in total. The Morgan fingerprint density at radius 1 is 1.43 bits per heavy atom. The predicted molar refractivity (Wildman–Crippen MR) is 77.8 cm³/mol. The van der Waals surface area contributed by atoms with Gasteiger partial charge in [-0.1, -0.05) is 12.1 Å². The van der Waals surface area contributed by atoms with Gasteiger partial charge in [-0.2, -0.15) is 10.4 Å². The minimum atomic E-state index is -0.510. The Bertz CT molecular complexity index is 603. The Morgan fingerprint density at radius 3 is 2.71 bits per heavy atom. The first-order valence-electron chi connectivity index (χ1n) is 6.43. The number of nitriles is 1. The van der Waals surface area contributed by atoms with E-state index in [1.54, 1.807) is 0 Å². The molecule has 1 aliphatic rings. The van der Waals surface area contributed by atoms with Crippen molar-refractivity contribution < 1.29 is 9.59 Å². The highest BCUT2D eigenvalue weighted by atomic mass is 16.2. The molecular weight excluding hydrogens is 270 g/mol. The van der Waals surface area contributed by atoms with E-state index < -0.39 is 6.03 Å². The van der Waals surface area contributed by atoms with Crippen molar-refractivity contribution >= 4 is 23.8 Å². The molecule has 0 aromatic heterocycles. The number of hydrazone groups is 1. The summed E-state index contributed by atoms with van der Waals surface area (Å²) in [4.78, 5) is 24.3. The lowest BCUT2D eigenvalue weighted by Gasteiger charge is -2.17. The van der Waals surface area contributed by atoms with Crippen LogP contribution in [0.3, 0.4) is 0 Å². The van der Waals surface area contributed by atoms with Crippen molar-refractivity contribution in [1.29, 1.82) is 5.26 Å². The van der Waals surface area contributed by atoms with Gasteiger partial charge in [0, 0.05) is 19.3 Å². The number of carbonyl (C=O) groups excluding carboxylic acids is 2. The van der Waals surface area contributed by atoms with Crippen molar-refractivity contribution in [3.63, 3.8) is 0 Å². The molecule has 7 nitrogen and oxygen atoms in total. The maximum absolute atomic E-state index is 11.3. The number of nitrogens with zero attached hydrogens (tertiary/aromatic N) is 4. The summed E-state index contributed by atoms with van der Waals surface area (Å²) in [6, 6.07) is 9.13. The fraction of sp³-hybridized carbons (Fsp3) is 0.286. The minimum absolute atomic E-state index is 0.0513. The molecule has 0 aliphatic carbocycles. The number of nitrogens with one attached hydrogen (secondary N) is 1. The third-order valence-corrected chi connectivity index (χ3v) is 3.01. The highest BCUT2D eigenvalue weighted by Gasteiger charge is 2.25. The average molecular weight is 285 g/mol. The van der Waals surface area contributed by atoms with Gasteiger partial charge >= 0.3 is 6.03 Å². The Kier molecular flexibility index (Phi) is 4.51. The molecule has 1 aliphatic heterocycles. The summed E-state index contributed by atoms with van der Waals surface area (Å²) in [6.07, 6.45) is 2.00. The largest absolute Gasteiger partial charge is 0.374 e. The monoisotopic (exact) mass is 285 g/mol. The standard InChI is InChI=1S/C14H15N5O2/c1-18(8-2-7-15)12-5-3-11(4-6-12)9-16-19-10-13(20)17-14(19)21/h3-6,9H,2,8,10H2,1H3,(H,17,20,21)/b16-9-. The second-order valence-electron chi connectivity index (χ2n) is 4.58. The van der Waals surface area contributed by atoms with Crippen molar-refractivity contribution in [3.8, 4) is 6.07 Å². The van der Waals surface area contributed by atoms with Gasteiger partial charge in [0.15, 0.2) is 0 Å². The van der Waals surface area contributed by atoms with Crippen LogP contribution < -0.4 is 10.2 Å². The highest BCUT2D eigenvalue weighted by Crippen LogP contribution is 2.13. The number of hydrogen-bond donors (Lipinski definition) is 1. The molecule has 0 spiro atoms. The smallest absolute Gasteiger partial charge is 0.344 e. The maximum atomic E-state index is 11.3. The van der Waals surface area contributed by atoms with Gasteiger partial charge in [0.25, 0.3) is 0 Å². The molecule has 0 bridgehead atoms. The van der Waals surface area contributed by atoms with Crippen LogP contribution in [0.2, 0.25) is 0 Å². The average Bonchev–Trinajstić information content (AvgIpc) is 2.81. The molecule has 0 atom stereocenters. The van der Waals surface area contributed by atoms with E-state index >= 15 is 0 Å². The third-order valence-electron chi connectivity index (χ3n) is 3.01. The Balaban J connectivity index is 1.98. The van der Waals surface area contributed by atoms with Gasteiger partial charge in [-0.25, -0.2) is 9.80 Å². The van der Waals surface area contributed by atoms with Gasteiger partial charge in [0.1, 0.15) is 6.54 Å². The molecule has 21 heavy (non-hydrogen) atoms. The number of amides is 3. The van der Waals surface area contributed by atoms with Gasteiger partial charge in [-0.3, -0.25) is 10.1 Å². The second kappa shape index (κ2) is 6.52. The molecule has 0 unspecified atom stereocenters. The second-order valence-corrected chi connectivity index (χ2v) is 4.58. The van der Waals surface area contributed by atoms with Crippen LogP contribution in [-0.2, 0) is 4.79 Å². The van der Waals surface area contributed by atoms with Gasteiger partial charge in [-0.05, 0) is 17.7 Å². The molecule has 2 rings (SSSR count). The summed E-state index contributed by atoms with van der Waals surface area (Å²) >= 11 is 0. The highest BCUT2D eigenvalue weighted by molar-refractivity contribution is 6.02. The summed E-state index contributed by atoms with van der Waals surface area (Å²) < 4.78 is 0. The fourth-order valence-electron chi connectivity index (χ4n) is 1.82. The van der Waals surface area contributed by atoms with E-state index in [-0.39, 0.29) is 12.5 Å². The SMILES string of the molecule is CN(CCC#N)c1ccc(/C=N\N2CC(=O)NC2=O)cc1. The molecule has 1 saturated heterocycles. The van der Waals surface area contributed by atoms with Crippen LogP contribution in [-0.4, -0.2) is 43.3 Å². The number of rotatable bonds is 5. The van der Waals surface area contributed by atoms with Crippen LogP contribution in [0, 0.1) is 11.3 Å². The van der Waals surface area contributed by atoms with Crippen LogP contribution in [0.1, 0.15) is 12.0 Å². The quantitative estimate of drug-likeness (QED) is 0.643. The minimum Gasteiger partial charge on any atom is -0.374 e. The third kappa shape index (κ3) is 3.79. The lowest BCUT2D eigenvalue weighted by molar-refractivity contribution is -0.118. The van der Waals surface area contributed by atoms with E-state index in [0.717, 1.165) is 16.3 Å². The molecule has 1 fully saturated rings. The zero-order valence-corrected chi connectivity index (χ0v) is 11.6. The van der Waals surface area contributed by atoms with Crippen molar-refractivity contribution in [2.75, 3.05) is 25.0 Å². The number of carbonyl (C=O) groups is 2. The molecule has 1 aromatic carbocycles. The van der Waals surface area contributed by atoms with Gasteiger partial charge < -0.3 is 4.90 Å². The molecule has 108 valence electrons. The summed E-state index contributed by atoms with van der Waals surface area (Å²) in [7, 11) is 1.92. The van der Waals surface area contributed by atoms with E-state index in [2.05, 4.69) is 16.5 Å². The number of benzene rings is 1. The number of hydrogen-bond acceptors (Lipinski definition) is 5. The summed E-state index contributed by atoms with van der Waals surface area (Å²) in [5.41, 5.74) is 1.82. The first-order chi connectivity index (χ1) is 10.1. The van der Waals surface area contributed by atoms with E-state index in [4.69, 9.17) is 5.26 Å². The Labute approximate surface area is 122 Å². The molecule has 0 radical (unpaired) electrons. The van der Waals surface area contributed by atoms with Crippen molar-refractivity contribution in [3.05, 3.63) is 29.8 Å². The Morgan fingerprint density at radius 2 is 2.14 bits per heavy atom. The first kappa shape index (κ1) is 14.5. The van der Waals surface area contributed by atoms with Crippen LogP contribution in [0.5, 0.6) is 0 Å². The molecular formula is C14H15N5O2. The molecule has 3 amide bonds. The van der Waals surface area contributed by atoms with Crippen LogP contribution in [0.15, 0.2) is 29.4 Å². The maximum Gasteiger partial charge on any atom is 0.344 e. The summed E-state index contributed by atoms with van der Waals surface area (Å²) in [6.45, 7) is 0.615. The molecule has 1 heterocycles. The van der Waals surface area contributed by atoms with Crippen LogP contribution in [0.25, 0.3) is 0 Å². The van der Waals surface area contributed by atoms with Crippen LogP contribution in [0.4, 0.5) is 10.5 Å². The number of imide groups is 1. The van der Waals surface area contributed by atoms with Crippen molar-refractivity contribution in [1.82, 2.24) is 10.3 Å². The van der Waals surface area contributed by atoms with Gasteiger partial charge in [0.2, 0.25) is 5.91 Å². The van der Waals surface area contributed by atoms with E-state index in [0.29, 0.717) is 13.0 Å². The Hall–Kier alpha value is -2.88. The van der Waals surface area contributed by atoms with Crippen molar-refractivity contribution in [2.24, 2.45) is 5.10 Å². The van der Waals surface area contributed by atoms with E-state index in [9.17, 15) is 9.59 Å². The predicted octanol–water partition coefficient (Wildman–Crippen LogP) is 0.922. The van der Waals surface area contributed by atoms with Gasteiger partial charge in [0.05, 0.1) is 18.7 Å². The summed E-state index contributed by atoms with van der Waals surface area (Å²) in [5, 5.41) is 15.8. The van der Waals surface area contributed by atoms with Gasteiger partial charge in [-0.15, -0.1) is 0 Å². The van der Waals surface area contributed by atoms with E-state index in [1.165, 1.54) is 6.21 Å². The normalized spacial score (nSPS) is 14.4. The lowest BCUT2D eigenvalue weighted by Crippen LogP contribution is -2.24. The topological polar surface area (TPSA) is 88.8 Å². The molecule has 1 aromatic rings. The fourth-order valence-corrected chi connectivity index (χ4v) is 1.82. The lowest BCUT2D eigenvalue weighted by atomic mass is 10.2. The number of urea groups is 1. The molecule has 0 saturated carbocycles.